The van der Waals surface area contributed by atoms with Gasteiger partial charge in [0.05, 0.1) is 12.5 Å². The minimum absolute atomic E-state index is 0. The highest BCUT2D eigenvalue weighted by molar-refractivity contribution is 14.0. The number of likely N-dealkylation sites (tertiary alicyclic amines) is 1. The number of hydrogen-bond acceptors (Lipinski definition) is 5. The number of carbonyl (C=O) groups is 2. The van der Waals surface area contributed by atoms with Gasteiger partial charge in [-0.05, 0) is 53.4 Å². The molecule has 1 atom stereocenters. The van der Waals surface area contributed by atoms with E-state index in [-0.39, 0.29) is 48.0 Å². The molecule has 0 spiro atoms. The molecule has 0 aromatic rings. The van der Waals surface area contributed by atoms with E-state index in [4.69, 9.17) is 9.47 Å². The number of rotatable bonds is 6. The van der Waals surface area contributed by atoms with Crippen LogP contribution in [0.3, 0.4) is 0 Å². The first-order chi connectivity index (χ1) is 13.2. The van der Waals surface area contributed by atoms with Crippen LogP contribution < -0.4 is 5.32 Å². The summed E-state index contributed by atoms with van der Waals surface area (Å²) in [5.41, 5.74) is -0.496. The smallest absolute Gasteiger partial charge is 0.410 e. The quantitative estimate of drug-likeness (QED) is 0.249. The Labute approximate surface area is 191 Å². The maximum absolute atomic E-state index is 12.5. The number of nitrogens with one attached hydrogen (secondary N) is 1. The zero-order valence-corrected chi connectivity index (χ0v) is 20.7. The Morgan fingerprint density at radius 2 is 1.93 bits per heavy atom. The number of ether oxygens (including phenoxy) is 2. The van der Waals surface area contributed by atoms with E-state index in [0.717, 1.165) is 38.2 Å². The van der Waals surface area contributed by atoms with Crippen LogP contribution in [0.1, 0.15) is 53.4 Å². The third-order valence-corrected chi connectivity index (χ3v) is 4.80. The second-order valence-electron chi connectivity index (χ2n) is 8.42. The average molecular weight is 524 g/mol. The van der Waals surface area contributed by atoms with Crippen LogP contribution in [0.25, 0.3) is 0 Å². The largest absolute Gasteiger partial charge is 0.466 e. The van der Waals surface area contributed by atoms with E-state index in [1.807, 2.05) is 32.6 Å². The number of aliphatic imine (C=N–C) groups is 1. The lowest BCUT2D eigenvalue weighted by molar-refractivity contribution is -0.149. The zero-order valence-electron chi connectivity index (χ0n) is 18.4. The highest BCUT2D eigenvalue weighted by atomic mass is 127. The molecule has 1 heterocycles. The van der Waals surface area contributed by atoms with Crippen LogP contribution in [0.2, 0.25) is 0 Å². The fraction of sp³-hybridized carbons (Fsp3) is 0.850. The third kappa shape index (κ3) is 8.55. The van der Waals surface area contributed by atoms with Crippen molar-refractivity contribution in [3.8, 4) is 0 Å². The lowest BCUT2D eigenvalue weighted by Crippen LogP contribution is -2.50. The first-order valence-corrected chi connectivity index (χ1v) is 10.4. The molecule has 2 rings (SSSR count). The number of hydrogen-bond donors (Lipinski definition) is 1. The third-order valence-electron chi connectivity index (χ3n) is 4.80. The Morgan fingerprint density at radius 3 is 2.48 bits per heavy atom. The highest BCUT2D eigenvalue weighted by Gasteiger charge is 2.35. The maximum atomic E-state index is 12.5. The summed E-state index contributed by atoms with van der Waals surface area (Å²) in [6.07, 6.45) is 3.58. The van der Waals surface area contributed by atoms with Gasteiger partial charge in [-0.25, -0.2) is 4.79 Å². The van der Waals surface area contributed by atoms with Gasteiger partial charge in [0.25, 0.3) is 0 Å². The Kier molecular flexibility index (Phi) is 10.5. The van der Waals surface area contributed by atoms with E-state index in [0.29, 0.717) is 26.2 Å². The Hall–Kier alpha value is -1.26. The van der Waals surface area contributed by atoms with Crippen LogP contribution >= 0.6 is 24.0 Å². The highest BCUT2D eigenvalue weighted by Crippen LogP contribution is 2.28. The van der Waals surface area contributed by atoms with Gasteiger partial charge in [0.15, 0.2) is 5.96 Å². The Balaban J connectivity index is 0.00000420. The molecule has 0 bridgehead atoms. The topological polar surface area (TPSA) is 83.5 Å². The molecule has 1 saturated heterocycles. The number of esters is 1. The number of nitrogens with zero attached hydrogens (tertiary/aromatic N) is 3. The lowest BCUT2D eigenvalue weighted by atomic mass is 9.98. The molecule has 0 aromatic carbocycles. The van der Waals surface area contributed by atoms with E-state index < -0.39 is 5.60 Å². The van der Waals surface area contributed by atoms with E-state index >= 15 is 0 Å². The first kappa shape index (κ1) is 25.8. The van der Waals surface area contributed by atoms with E-state index in [2.05, 4.69) is 15.2 Å². The molecule has 29 heavy (non-hydrogen) atoms. The van der Waals surface area contributed by atoms with Crippen LogP contribution in [0.5, 0.6) is 0 Å². The summed E-state index contributed by atoms with van der Waals surface area (Å²) in [5, 5.41) is 3.34. The van der Waals surface area contributed by atoms with Crippen LogP contribution in [0.15, 0.2) is 4.99 Å². The number of guanidine groups is 1. The van der Waals surface area contributed by atoms with E-state index in [9.17, 15) is 9.59 Å². The standard InChI is InChI=1S/C20H36N4O4.HI/c1-6-27-17(25)15-8-7-12-23(14-15)18(21-5)22-11-13-24(16-9-10-16)19(26)28-20(2,3)4;/h15-16H,6-14H2,1-5H3,(H,21,22);1H. The summed E-state index contributed by atoms with van der Waals surface area (Å²) in [5.74, 6) is 0.512. The normalized spacial score (nSPS) is 19.8. The van der Waals surface area contributed by atoms with Crippen molar-refractivity contribution in [2.45, 2.75) is 65.0 Å². The number of halogens is 1. The van der Waals surface area contributed by atoms with Gasteiger partial charge in [0.2, 0.25) is 0 Å². The van der Waals surface area contributed by atoms with Gasteiger partial charge in [-0.15, -0.1) is 24.0 Å². The van der Waals surface area contributed by atoms with E-state index in [1.165, 1.54) is 0 Å². The summed E-state index contributed by atoms with van der Waals surface area (Å²) in [4.78, 5) is 32.8. The van der Waals surface area contributed by atoms with Gasteiger partial charge in [0.1, 0.15) is 5.60 Å². The van der Waals surface area contributed by atoms with Gasteiger partial charge in [-0.1, -0.05) is 0 Å². The van der Waals surface area contributed by atoms with Gasteiger partial charge >= 0.3 is 12.1 Å². The first-order valence-electron chi connectivity index (χ1n) is 10.4. The Bertz CT molecular complexity index is 575. The monoisotopic (exact) mass is 524 g/mol. The fourth-order valence-electron chi connectivity index (χ4n) is 3.37. The predicted molar refractivity (Wildman–Crippen MR) is 124 cm³/mol. The molecule has 1 aliphatic carbocycles. The number of piperidine rings is 1. The number of amides is 1. The summed E-state index contributed by atoms with van der Waals surface area (Å²) >= 11 is 0. The molecule has 9 heteroatoms. The van der Waals surface area contributed by atoms with Crippen LogP contribution in [-0.2, 0) is 14.3 Å². The molecule has 0 radical (unpaired) electrons. The van der Waals surface area contributed by atoms with E-state index in [1.54, 1.807) is 7.05 Å². The van der Waals surface area contributed by atoms with Crippen LogP contribution in [-0.4, -0.2) is 79.3 Å². The second kappa shape index (κ2) is 11.8. The second-order valence-corrected chi connectivity index (χ2v) is 8.42. The van der Waals surface area contributed by atoms with Crippen molar-refractivity contribution in [2.24, 2.45) is 10.9 Å². The SMILES string of the molecule is CCOC(=O)C1CCCN(C(=NC)NCCN(C(=O)OC(C)(C)C)C2CC2)C1.I. The molecule has 0 aromatic heterocycles. The van der Waals surface area contributed by atoms with Crippen molar-refractivity contribution in [3.05, 3.63) is 0 Å². The predicted octanol–water partition coefficient (Wildman–Crippen LogP) is 2.85. The molecule has 1 unspecified atom stereocenters. The molecule has 168 valence electrons. The molecular formula is C20H37IN4O4. The van der Waals surface area contributed by atoms with Crippen molar-refractivity contribution < 1.29 is 19.1 Å². The molecule has 2 fully saturated rings. The average Bonchev–Trinajstić information content (AvgIpc) is 3.45. The number of carbonyl (C=O) groups excluding carboxylic acids is 2. The summed E-state index contributed by atoms with van der Waals surface area (Å²) < 4.78 is 10.7. The molecule has 8 nitrogen and oxygen atoms in total. The zero-order chi connectivity index (χ0) is 20.7. The van der Waals surface area contributed by atoms with Gasteiger partial charge in [-0.2, -0.15) is 0 Å². The van der Waals surface area contributed by atoms with Crippen molar-refractivity contribution in [1.29, 1.82) is 0 Å². The van der Waals surface area contributed by atoms with Crippen LogP contribution in [0, 0.1) is 5.92 Å². The minimum atomic E-state index is -0.496. The van der Waals surface area contributed by atoms with Crippen molar-refractivity contribution >= 4 is 42.0 Å². The van der Waals surface area contributed by atoms with Crippen LogP contribution in [0.4, 0.5) is 4.79 Å². The summed E-state index contributed by atoms with van der Waals surface area (Å²) in [6, 6.07) is 0.279. The minimum Gasteiger partial charge on any atom is -0.466 e. The molecule has 1 saturated carbocycles. The fourth-order valence-corrected chi connectivity index (χ4v) is 3.37. The van der Waals surface area contributed by atoms with Crippen molar-refractivity contribution in [3.63, 3.8) is 0 Å². The Morgan fingerprint density at radius 1 is 1.24 bits per heavy atom. The molecule has 1 N–H and O–H groups in total. The van der Waals surface area contributed by atoms with Crippen molar-refractivity contribution in [1.82, 2.24) is 15.1 Å². The summed E-state index contributed by atoms with van der Waals surface area (Å²) in [7, 11) is 1.74. The summed E-state index contributed by atoms with van der Waals surface area (Å²) in [6.45, 7) is 10.5. The molecule has 1 aliphatic heterocycles. The maximum Gasteiger partial charge on any atom is 0.410 e. The lowest BCUT2D eigenvalue weighted by Gasteiger charge is -2.34. The molecule has 2 aliphatic rings. The van der Waals surface area contributed by atoms with Gasteiger partial charge in [0, 0.05) is 39.3 Å². The molecule has 1 amide bonds. The van der Waals surface area contributed by atoms with Gasteiger partial charge < -0.3 is 24.6 Å². The van der Waals surface area contributed by atoms with Crippen molar-refractivity contribution in [2.75, 3.05) is 39.8 Å². The molecular weight excluding hydrogens is 487 g/mol. The van der Waals surface area contributed by atoms with Gasteiger partial charge in [-0.3, -0.25) is 9.79 Å².